The van der Waals surface area contributed by atoms with Crippen LogP contribution in [-0.4, -0.2) is 37.2 Å². The predicted molar refractivity (Wildman–Crippen MR) is 334 cm³/mol. The van der Waals surface area contributed by atoms with Gasteiger partial charge in [-0.1, -0.05) is 269 Å². The second-order valence-corrected chi connectivity index (χ2v) is 20.2. The van der Waals surface area contributed by atoms with Gasteiger partial charge in [-0.25, -0.2) is 0 Å². The number of unbranched alkanes of at least 4 members (excludes halogenated alkanes) is 20. The van der Waals surface area contributed by atoms with Crippen molar-refractivity contribution >= 4 is 17.9 Å². The first-order valence-corrected chi connectivity index (χ1v) is 31.3. The van der Waals surface area contributed by atoms with Crippen LogP contribution in [-0.2, 0) is 28.6 Å². The predicted octanol–water partition coefficient (Wildman–Crippen LogP) is 21.5. The van der Waals surface area contributed by atoms with Crippen molar-refractivity contribution in [3.8, 4) is 0 Å². The molecule has 77 heavy (non-hydrogen) atoms. The molecule has 0 heterocycles. The van der Waals surface area contributed by atoms with Gasteiger partial charge in [0.2, 0.25) is 0 Å². The Hall–Kier alpha value is -4.71. The van der Waals surface area contributed by atoms with Crippen LogP contribution in [0.25, 0.3) is 0 Å². The van der Waals surface area contributed by atoms with E-state index in [9.17, 15) is 14.4 Å². The number of allylic oxidation sites excluding steroid dienone is 24. The van der Waals surface area contributed by atoms with Crippen LogP contribution in [0, 0.1) is 0 Å². The molecule has 0 fully saturated rings. The fourth-order valence-electron chi connectivity index (χ4n) is 8.21. The summed E-state index contributed by atoms with van der Waals surface area (Å²) in [4.78, 5) is 38.2. The Morgan fingerprint density at radius 1 is 0.273 bits per heavy atom. The molecule has 0 aromatic carbocycles. The highest BCUT2D eigenvalue weighted by Gasteiger charge is 2.19. The first-order valence-electron chi connectivity index (χ1n) is 31.3. The summed E-state index contributed by atoms with van der Waals surface area (Å²) in [7, 11) is 0. The zero-order valence-electron chi connectivity index (χ0n) is 49.7. The Labute approximate surface area is 474 Å². The second kappa shape index (κ2) is 63.8. The number of ether oxygens (including phenoxy) is 3. The summed E-state index contributed by atoms with van der Waals surface area (Å²) in [6, 6.07) is 0. The molecule has 1 unspecified atom stereocenters. The van der Waals surface area contributed by atoms with E-state index in [1.165, 1.54) is 70.6 Å². The minimum absolute atomic E-state index is 0.0968. The lowest BCUT2D eigenvalue weighted by atomic mass is 10.1. The monoisotopic (exact) mass is 1060 g/mol. The molecule has 0 aliphatic heterocycles. The van der Waals surface area contributed by atoms with E-state index in [-0.39, 0.29) is 31.1 Å². The van der Waals surface area contributed by atoms with Crippen molar-refractivity contribution < 1.29 is 28.6 Å². The maximum Gasteiger partial charge on any atom is 0.306 e. The maximum absolute atomic E-state index is 12.9. The van der Waals surface area contributed by atoms with Crippen LogP contribution in [0.1, 0.15) is 265 Å². The molecule has 0 rings (SSSR count). The van der Waals surface area contributed by atoms with Gasteiger partial charge in [-0.15, -0.1) is 0 Å². The van der Waals surface area contributed by atoms with Crippen molar-refractivity contribution in [2.24, 2.45) is 0 Å². The first kappa shape index (κ1) is 72.3. The SMILES string of the molecule is CC/C=C\C/C=C\C/C=C\C/C=C\C/C=C\C/C=C\C/C=C\CCCCCC(=O)OCC(COC(=O)CCCCCCCCCCCCC)OC(=O)CCCCCCCCC/C=C\C/C=C\C/C=C\C/C=C\C/C=C\CC. The number of carbonyl (C=O) groups excluding carboxylic acids is 3. The molecule has 0 saturated carbocycles. The molecule has 6 nitrogen and oxygen atoms in total. The quantitative estimate of drug-likeness (QED) is 0.0261. The molecule has 0 aromatic rings. The molecule has 1 atom stereocenters. The summed E-state index contributed by atoms with van der Waals surface area (Å²) < 4.78 is 16.9. The van der Waals surface area contributed by atoms with Crippen LogP contribution in [0.3, 0.4) is 0 Å². The number of rotatable bonds is 55. The van der Waals surface area contributed by atoms with Gasteiger partial charge >= 0.3 is 17.9 Å². The van der Waals surface area contributed by atoms with Crippen molar-refractivity contribution in [1.29, 1.82) is 0 Å². The third kappa shape index (κ3) is 62.0. The normalized spacial score (nSPS) is 13.1. The van der Waals surface area contributed by atoms with Gasteiger partial charge in [-0.2, -0.15) is 0 Å². The lowest BCUT2D eigenvalue weighted by Gasteiger charge is -2.18. The largest absolute Gasteiger partial charge is 0.462 e. The van der Waals surface area contributed by atoms with Gasteiger partial charge in [0.05, 0.1) is 0 Å². The third-order valence-corrected chi connectivity index (χ3v) is 12.8. The average molecular weight is 1060 g/mol. The molecule has 0 aromatic heterocycles. The average Bonchev–Trinajstić information content (AvgIpc) is 3.43. The van der Waals surface area contributed by atoms with Crippen molar-refractivity contribution in [2.45, 2.75) is 271 Å². The molecule has 0 spiro atoms. The number of esters is 3. The molecule has 0 aliphatic rings. The van der Waals surface area contributed by atoms with Crippen LogP contribution in [0.5, 0.6) is 0 Å². The van der Waals surface area contributed by atoms with Gasteiger partial charge < -0.3 is 14.2 Å². The molecular weight excluding hydrogens is 949 g/mol. The standard InChI is InChI=1S/C71H114O6/c1-4-7-10-13-16-19-22-24-26-28-30-32-34-35-37-38-40-42-44-46-49-52-55-58-61-64-70(73)76-67-68(66-75-69(72)63-60-57-54-51-48-21-18-15-12-9-6-3)77-71(74)65-62-59-56-53-50-47-45-43-41-39-36-33-31-29-27-25-23-20-17-14-11-8-5-2/h7-8,10-11,16-17,19-20,24-27,30-33,35,37,39-42,46,49,68H,4-6,9,12-15,18,21-23,28-29,34,36,38,43-45,47-48,50-67H2,1-3H3/b10-7-,11-8-,19-16-,20-17-,26-24-,27-25-,32-30-,33-31-,37-35-,41-39-,42-40-,49-46-. The van der Waals surface area contributed by atoms with Crippen LogP contribution in [0.15, 0.2) is 146 Å². The highest BCUT2D eigenvalue weighted by atomic mass is 16.6. The fraction of sp³-hybridized carbons (Fsp3) is 0.620. The van der Waals surface area contributed by atoms with Crippen LogP contribution in [0.4, 0.5) is 0 Å². The van der Waals surface area contributed by atoms with Crippen molar-refractivity contribution in [1.82, 2.24) is 0 Å². The zero-order valence-corrected chi connectivity index (χ0v) is 49.7. The van der Waals surface area contributed by atoms with E-state index in [1.54, 1.807) is 0 Å². The Balaban J connectivity index is 4.42. The molecule has 0 amide bonds. The molecular formula is C71H114O6. The molecule has 6 heteroatoms. The van der Waals surface area contributed by atoms with Crippen LogP contribution < -0.4 is 0 Å². The van der Waals surface area contributed by atoms with Gasteiger partial charge in [0.25, 0.3) is 0 Å². The van der Waals surface area contributed by atoms with Gasteiger partial charge in [-0.3, -0.25) is 14.4 Å². The Morgan fingerprint density at radius 3 is 0.805 bits per heavy atom. The summed E-state index contributed by atoms with van der Waals surface area (Å²) in [5, 5.41) is 0. The van der Waals surface area contributed by atoms with Crippen molar-refractivity contribution in [2.75, 3.05) is 13.2 Å². The van der Waals surface area contributed by atoms with Gasteiger partial charge in [0, 0.05) is 19.3 Å². The highest BCUT2D eigenvalue weighted by molar-refractivity contribution is 5.71. The minimum Gasteiger partial charge on any atom is -0.462 e. The number of carbonyl (C=O) groups is 3. The Kier molecular flexibility index (Phi) is 59.9. The van der Waals surface area contributed by atoms with E-state index >= 15 is 0 Å². The summed E-state index contributed by atoms with van der Waals surface area (Å²) in [5.41, 5.74) is 0. The van der Waals surface area contributed by atoms with Gasteiger partial charge in [-0.05, 0) is 122 Å². The van der Waals surface area contributed by atoms with Crippen molar-refractivity contribution in [3.05, 3.63) is 146 Å². The van der Waals surface area contributed by atoms with Gasteiger partial charge in [0.1, 0.15) is 13.2 Å². The third-order valence-electron chi connectivity index (χ3n) is 12.8. The lowest BCUT2D eigenvalue weighted by molar-refractivity contribution is -0.167. The van der Waals surface area contributed by atoms with E-state index in [2.05, 4.69) is 167 Å². The summed E-state index contributed by atoms with van der Waals surface area (Å²) >= 11 is 0. The summed E-state index contributed by atoms with van der Waals surface area (Å²) in [6.07, 6.45) is 91.3. The van der Waals surface area contributed by atoms with E-state index in [0.717, 1.165) is 154 Å². The number of hydrogen-bond acceptors (Lipinski definition) is 6. The highest BCUT2D eigenvalue weighted by Crippen LogP contribution is 2.15. The topological polar surface area (TPSA) is 78.9 Å². The lowest BCUT2D eigenvalue weighted by Crippen LogP contribution is -2.30. The molecule has 0 saturated heterocycles. The Bertz CT molecular complexity index is 1700. The fourth-order valence-corrected chi connectivity index (χ4v) is 8.21. The van der Waals surface area contributed by atoms with Crippen LogP contribution in [0.2, 0.25) is 0 Å². The molecule has 0 aliphatic carbocycles. The Morgan fingerprint density at radius 2 is 0.506 bits per heavy atom. The van der Waals surface area contributed by atoms with Gasteiger partial charge in [0.15, 0.2) is 6.10 Å². The van der Waals surface area contributed by atoms with Crippen molar-refractivity contribution in [3.63, 3.8) is 0 Å². The van der Waals surface area contributed by atoms with E-state index in [0.29, 0.717) is 19.3 Å². The first-order chi connectivity index (χ1) is 38.0. The summed E-state index contributed by atoms with van der Waals surface area (Å²) in [5.74, 6) is -0.944. The second-order valence-electron chi connectivity index (χ2n) is 20.2. The maximum atomic E-state index is 12.9. The molecule has 434 valence electrons. The molecule has 0 radical (unpaired) electrons. The summed E-state index contributed by atoms with van der Waals surface area (Å²) in [6.45, 7) is 6.37. The van der Waals surface area contributed by atoms with Crippen LogP contribution >= 0.6 is 0 Å². The smallest absolute Gasteiger partial charge is 0.306 e. The van der Waals surface area contributed by atoms with E-state index < -0.39 is 6.10 Å². The van der Waals surface area contributed by atoms with E-state index in [4.69, 9.17) is 14.2 Å². The zero-order chi connectivity index (χ0) is 55.7. The minimum atomic E-state index is -0.804. The van der Waals surface area contributed by atoms with E-state index in [1.807, 2.05) is 0 Å². The molecule has 0 N–H and O–H groups in total. The molecule has 0 bridgehead atoms. The number of hydrogen-bond donors (Lipinski definition) is 0.